The van der Waals surface area contributed by atoms with Gasteiger partial charge in [0, 0.05) is 46.6 Å². The molecule has 0 saturated carbocycles. The Morgan fingerprint density at radius 1 is 0.714 bits per heavy atom. The molecule has 10 nitrogen and oxygen atoms in total. The van der Waals surface area contributed by atoms with Crippen LogP contribution in [-0.2, 0) is 34.7 Å². The molecule has 0 saturated heterocycles. The van der Waals surface area contributed by atoms with Gasteiger partial charge in [0.2, 0.25) is 5.91 Å². The topological polar surface area (TPSA) is 122 Å². The van der Waals surface area contributed by atoms with Gasteiger partial charge < -0.3 is 20.0 Å². The highest BCUT2D eigenvalue weighted by molar-refractivity contribution is 6.29. The SMILES string of the molecule is C[C@@H](/C=C/CC(=O)N1Cc2ccccc2C[C@H]1CO)[C@]1(O)C(=O)N(Cc2ccc(N3C(=O)c4cccc5cccc3c45)cc2)c2ccc(N3C(=O)c4cccc5cccc3c45)cc21. The fraction of sp³-hybridized carbons (Fsp3) is 0.170. The van der Waals surface area contributed by atoms with Crippen LogP contribution in [0.4, 0.5) is 28.4 Å². The highest BCUT2D eigenvalue weighted by atomic mass is 16.3. The van der Waals surface area contributed by atoms with Gasteiger partial charge in [-0.15, -0.1) is 0 Å². The molecule has 0 spiro atoms. The van der Waals surface area contributed by atoms with E-state index in [1.54, 1.807) is 56.9 Å². The normalized spacial score (nSPS) is 19.2. The molecule has 4 heterocycles. The lowest BCUT2D eigenvalue weighted by Crippen LogP contribution is -2.46. The molecular formula is C53H42N4O6. The summed E-state index contributed by atoms with van der Waals surface area (Å²) in [4.78, 5) is 62.9. The molecule has 0 fully saturated rings. The summed E-state index contributed by atoms with van der Waals surface area (Å²) >= 11 is 0. The highest BCUT2D eigenvalue weighted by Crippen LogP contribution is 2.50. The number of hydrogen-bond acceptors (Lipinski definition) is 6. The molecule has 4 amide bonds. The Morgan fingerprint density at radius 2 is 1.30 bits per heavy atom. The minimum Gasteiger partial charge on any atom is -0.394 e. The molecule has 2 N–H and O–H groups in total. The molecule has 0 aliphatic carbocycles. The van der Waals surface area contributed by atoms with Crippen LogP contribution in [0.2, 0.25) is 0 Å². The summed E-state index contributed by atoms with van der Waals surface area (Å²) in [6.45, 7) is 2.11. The first-order valence-corrected chi connectivity index (χ1v) is 21.3. The Balaban J connectivity index is 0.912. The van der Waals surface area contributed by atoms with E-state index >= 15 is 0 Å². The van der Waals surface area contributed by atoms with Gasteiger partial charge >= 0.3 is 0 Å². The molecule has 63 heavy (non-hydrogen) atoms. The van der Waals surface area contributed by atoms with E-state index < -0.39 is 17.4 Å². The second kappa shape index (κ2) is 14.6. The van der Waals surface area contributed by atoms with Crippen molar-refractivity contribution in [2.45, 2.75) is 44.5 Å². The smallest absolute Gasteiger partial charge is 0.264 e. The van der Waals surface area contributed by atoms with E-state index in [0.29, 0.717) is 46.7 Å². The van der Waals surface area contributed by atoms with Crippen LogP contribution in [0, 0.1) is 5.92 Å². The second-order valence-electron chi connectivity index (χ2n) is 16.9. The van der Waals surface area contributed by atoms with Crippen LogP contribution in [0.15, 0.2) is 152 Å². The van der Waals surface area contributed by atoms with Gasteiger partial charge in [-0.3, -0.25) is 29.0 Å². The number of aliphatic hydroxyl groups is 2. The van der Waals surface area contributed by atoms with Gasteiger partial charge in [0.25, 0.3) is 17.7 Å². The largest absolute Gasteiger partial charge is 0.394 e. The van der Waals surface area contributed by atoms with Gasteiger partial charge in [0.15, 0.2) is 5.60 Å². The van der Waals surface area contributed by atoms with Crippen LogP contribution in [-0.4, -0.2) is 51.4 Å². The first kappa shape index (κ1) is 38.5. The zero-order valence-electron chi connectivity index (χ0n) is 34.4. The molecular weight excluding hydrogens is 789 g/mol. The molecule has 4 aliphatic heterocycles. The Morgan fingerprint density at radius 3 is 1.94 bits per heavy atom. The van der Waals surface area contributed by atoms with Gasteiger partial charge in [0.05, 0.1) is 47.4 Å². The minimum absolute atomic E-state index is 0.0138. The number of fused-ring (bicyclic) bond motifs is 2. The van der Waals surface area contributed by atoms with Gasteiger partial charge in [-0.2, -0.15) is 0 Å². The number of carbonyl (C=O) groups excluding carboxylic acids is 4. The van der Waals surface area contributed by atoms with Crippen molar-refractivity contribution in [3.05, 3.63) is 185 Å². The van der Waals surface area contributed by atoms with Crippen LogP contribution in [0.25, 0.3) is 21.5 Å². The van der Waals surface area contributed by atoms with Gasteiger partial charge in [0.1, 0.15) is 0 Å². The van der Waals surface area contributed by atoms with E-state index in [2.05, 4.69) is 0 Å². The Kier molecular flexibility index (Phi) is 8.94. The van der Waals surface area contributed by atoms with Crippen molar-refractivity contribution in [3.8, 4) is 0 Å². The van der Waals surface area contributed by atoms with Gasteiger partial charge in [-0.1, -0.05) is 104 Å². The Bertz CT molecular complexity index is 3110. The molecule has 0 bridgehead atoms. The summed E-state index contributed by atoms with van der Waals surface area (Å²) < 4.78 is 0. The van der Waals surface area contributed by atoms with Crippen molar-refractivity contribution in [2.24, 2.45) is 5.92 Å². The highest BCUT2D eigenvalue weighted by Gasteiger charge is 2.53. The quantitative estimate of drug-likeness (QED) is 0.140. The van der Waals surface area contributed by atoms with Crippen molar-refractivity contribution >= 4 is 73.6 Å². The van der Waals surface area contributed by atoms with Crippen molar-refractivity contribution in [3.63, 3.8) is 0 Å². The predicted octanol–water partition coefficient (Wildman–Crippen LogP) is 8.84. The number of carbonyl (C=O) groups is 4. The van der Waals surface area contributed by atoms with Crippen molar-refractivity contribution < 1.29 is 29.4 Å². The zero-order chi connectivity index (χ0) is 43.1. The summed E-state index contributed by atoms with van der Waals surface area (Å²) in [6.07, 6.45) is 3.97. The maximum absolute atomic E-state index is 14.9. The molecule has 7 aromatic rings. The van der Waals surface area contributed by atoms with Crippen LogP contribution in [0.3, 0.4) is 0 Å². The number of aliphatic hydroxyl groups excluding tert-OH is 1. The van der Waals surface area contributed by atoms with E-state index in [1.807, 2.05) is 121 Å². The molecule has 3 atom stereocenters. The van der Waals surface area contributed by atoms with E-state index in [1.165, 1.54) is 0 Å². The first-order valence-electron chi connectivity index (χ1n) is 21.3. The Hall–Kier alpha value is -7.40. The summed E-state index contributed by atoms with van der Waals surface area (Å²) in [5.41, 5.74) is 5.72. The molecule has 0 radical (unpaired) electrons. The molecule has 10 heteroatoms. The van der Waals surface area contributed by atoms with E-state index in [-0.39, 0.29) is 43.3 Å². The standard InChI is InChI=1S/C53H42N4O6/c1-32(9-4-20-47(59)54-30-37-11-3-2-10-36(37)27-40(54)31-58)53(63)43-28-39(57-46-19-8-15-35-13-6-17-42(49(35)46)51(57)61)25-26-44(43)55(52(53)62)29-33-21-23-38(24-22-33)56-45-18-7-14-34-12-5-16-41(48(34)45)50(56)60/h2-19,21-26,28,32,40,58,63H,20,27,29-31H2,1H3/b9-4+/t32-,40-,53+/m0/s1. The second-order valence-corrected chi connectivity index (χ2v) is 16.9. The predicted molar refractivity (Wildman–Crippen MR) is 243 cm³/mol. The molecule has 0 aromatic heterocycles. The van der Waals surface area contributed by atoms with Crippen LogP contribution in [0.5, 0.6) is 0 Å². The third-order valence-electron chi connectivity index (χ3n) is 13.4. The number of amides is 4. The Labute approximate surface area is 363 Å². The van der Waals surface area contributed by atoms with Gasteiger partial charge in [-0.05, 0) is 88.5 Å². The zero-order valence-corrected chi connectivity index (χ0v) is 34.4. The summed E-state index contributed by atoms with van der Waals surface area (Å²) in [5, 5.41) is 26.7. The van der Waals surface area contributed by atoms with Crippen LogP contribution >= 0.6 is 0 Å². The first-order chi connectivity index (χ1) is 30.6. The van der Waals surface area contributed by atoms with E-state index in [0.717, 1.165) is 49.6 Å². The molecule has 7 aromatic carbocycles. The monoisotopic (exact) mass is 830 g/mol. The van der Waals surface area contributed by atoms with Crippen LogP contribution < -0.4 is 14.7 Å². The molecule has 11 rings (SSSR count). The van der Waals surface area contributed by atoms with E-state index in [4.69, 9.17) is 0 Å². The summed E-state index contributed by atoms with van der Waals surface area (Å²) in [5.74, 6) is -1.80. The summed E-state index contributed by atoms with van der Waals surface area (Å²) in [7, 11) is 0. The average molecular weight is 831 g/mol. The minimum atomic E-state index is -2.06. The average Bonchev–Trinajstić information content (AvgIpc) is 3.85. The number of nitrogens with zero attached hydrogens (tertiary/aromatic N) is 4. The lowest BCUT2D eigenvalue weighted by Gasteiger charge is -2.36. The number of hydrogen-bond donors (Lipinski definition) is 2. The van der Waals surface area contributed by atoms with Crippen molar-refractivity contribution in [2.75, 3.05) is 21.3 Å². The maximum atomic E-state index is 14.9. The van der Waals surface area contributed by atoms with E-state index in [9.17, 15) is 29.4 Å². The maximum Gasteiger partial charge on any atom is 0.264 e. The third kappa shape index (κ3) is 5.86. The number of rotatable bonds is 9. The number of anilines is 5. The molecule has 4 aliphatic rings. The lowest BCUT2D eigenvalue weighted by atomic mass is 9.82. The third-order valence-corrected chi connectivity index (χ3v) is 13.4. The molecule has 0 unspecified atom stereocenters. The number of benzene rings is 7. The lowest BCUT2D eigenvalue weighted by molar-refractivity contribution is -0.139. The fourth-order valence-electron chi connectivity index (χ4n) is 10.2. The van der Waals surface area contributed by atoms with Crippen molar-refractivity contribution in [1.29, 1.82) is 0 Å². The fourth-order valence-corrected chi connectivity index (χ4v) is 10.2. The summed E-state index contributed by atoms with van der Waals surface area (Å²) in [6, 6.07) is 43.5. The van der Waals surface area contributed by atoms with Gasteiger partial charge in [-0.25, -0.2) is 0 Å². The van der Waals surface area contributed by atoms with Crippen molar-refractivity contribution in [1.82, 2.24) is 4.90 Å². The van der Waals surface area contributed by atoms with Crippen LogP contribution in [0.1, 0.15) is 56.3 Å². The molecule has 310 valence electrons.